The molecule has 1 aliphatic heterocycles. The normalized spacial score (nSPS) is 22.5. The summed E-state index contributed by atoms with van der Waals surface area (Å²) in [6, 6.07) is 1.57. The molecule has 1 fully saturated rings. The van der Waals surface area contributed by atoms with Crippen LogP contribution in [0, 0.1) is 0 Å². The number of rotatable bonds is 1. The van der Waals surface area contributed by atoms with Gasteiger partial charge < -0.3 is 9.64 Å². The second-order valence-electron chi connectivity index (χ2n) is 3.78. The maximum Gasteiger partial charge on any atom is 0.266 e. The van der Waals surface area contributed by atoms with E-state index in [1.165, 1.54) is 0 Å². The predicted octanol–water partition coefficient (Wildman–Crippen LogP) is 0.385. The van der Waals surface area contributed by atoms with Crippen molar-refractivity contribution in [2.75, 3.05) is 24.6 Å². The van der Waals surface area contributed by atoms with Crippen molar-refractivity contribution >= 4 is 5.69 Å². The number of nitrogens with zero attached hydrogens (tertiary/aromatic N) is 2. The Hall–Kier alpha value is -1.36. The van der Waals surface area contributed by atoms with Crippen LogP contribution in [0.5, 0.6) is 0 Å². The first-order chi connectivity index (χ1) is 7.25. The lowest BCUT2D eigenvalue weighted by atomic mass is 10.3. The van der Waals surface area contributed by atoms with E-state index in [-0.39, 0.29) is 11.7 Å². The number of H-pyrrole nitrogens is 1. The van der Waals surface area contributed by atoms with Gasteiger partial charge in [0.25, 0.3) is 5.56 Å². The molecule has 1 unspecified atom stereocenters. The van der Waals surface area contributed by atoms with Gasteiger partial charge in [-0.05, 0) is 13.3 Å². The summed E-state index contributed by atoms with van der Waals surface area (Å²) in [5.41, 5.74) is 0.710. The van der Waals surface area contributed by atoms with Crippen LogP contribution < -0.4 is 10.5 Å². The van der Waals surface area contributed by atoms with E-state index >= 15 is 0 Å². The van der Waals surface area contributed by atoms with Gasteiger partial charge in [0, 0.05) is 25.8 Å². The van der Waals surface area contributed by atoms with Crippen molar-refractivity contribution in [2.24, 2.45) is 0 Å². The summed E-state index contributed by atoms with van der Waals surface area (Å²) in [4.78, 5) is 13.3. The highest BCUT2D eigenvalue weighted by molar-refractivity contribution is 5.42. The monoisotopic (exact) mass is 209 g/mol. The third-order valence-electron chi connectivity index (χ3n) is 2.47. The maximum absolute atomic E-state index is 11.1. The highest BCUT2D eigenvalue weighted by Gasteiger charge is 2.15. The van der Waals surface area contributed by atoms with Crippen molar-refractivity contribution in [3.8, 4) is 0 Å². The topological polar surface area (TPSA) is 58.2 Å². The summed E-state index contributed by atoms with van der Waals surface area (Å²) in [5.74, 6) is 0. The number of nitrogens with one attached hydrogen (secondary N) is 1. The molecule has 0 aromatic carbocycles. The van der Waals surface area contributed by atoms with Gasteiger partial charge >= 0.3 is 0 Å². The van der Waals surface area contributed by atoms with E-state index in [2.05, 4.69) is 15.1 Å². The maximum atomic E-state index is 11.1. The van der Waals surface area contributed by atoms with E-state index in [4.69, 9.17) is 4.74 Å². The number of ether oxygens (including phenoxy) is 1. The van der Waals surface area contributed by atoms with Gasteiger partial charge in [0.15, 0.2) is 0 Å². The first kappa shape index (κ1) is 10.2. The number of aromatic nitrogens is 2. The molecule has 5 nitrogen and oxygen atoms in total. The van der Waals surface area contributed by atoms with Gasteiger partial charge in [0.05, 0.1) is 18.0 Å². The molecule has 0 aliphatic carbocycles. The molecular weight excluding hydrogens is 194 g/mol. The zero-order valence-electron chi connectivity index (χ0n) is 8.77. The zero-order valence-corrected chi connectivity index (χ0v) is 8.77. The van der Waals surface area contributed by atoms with E-state index in [9.17, 15) is 4.79 Å². The fourth-order valence-corrected chi connectivity index (χ4v) is 1.77. The fraction of sp³-hybridized carbons (Fsp3) is 0.600. The molecule has 1 aromatic rings. The summed E-state index contributed by atoms with van der Waals surface area (Å²) in [7, 11) is 0. The minimum absolute atomic E-state index is 0.162. The standard InChI is InChI=1S/C10H15N3O2/c1-8-7-13(3-2-4-15-8)9-5-10(14)12-11-6-9/h5-6,8H,2-4,7H2,1H3,(H,12,14). The van der Waals surface area contributed by atoms with Crippen LogP contribution in [0.25, 0.3) is 0 Å². The third-order valence-corrected chi connectivity index (χ3v) is 2.47. The summed E-state index contributed by atoms with van der Waals surface area (Å²) in [6.45, 7) is 4.55. The van der Waals surface area contributed by atoms with Crippen molar-refractivity contribution in [2.45, 2.75) is 19.4 Å². The van der Waals surface area contributed by atoms with Gasteiger partial charge in [-0.25, -0.2) is 5.10 Å². The second-order valence-corrected chi connectivity index (χ2v) is 3.78. The lowest BCUT2D eigenvalue weighted by Crippen LogP contribution is -2.31. The SMILES string of the molecule is CC1CN(c2cn[nH]c(=O)c2)CCCO1. The van der Waals surface area contributed by atoms with E-state index in [0.29, 0.717) is 0 Å². The molecule has 1 saturated heterocycles. The Morgan fingerprint density at radius 1 is 1.67 bits per heavy atom. The molecular formula is C10H15N3O2. The van der Waals surface area contributed by atoms with Crippen LogP contribution in [-0.4, -0.2) is 36.0 Å². The van der Waals surface area contributed by atoms with E-state index < -0.39 is 0 Å². The summed E-state index contributed by atoms with van der Waals surface area (Å²) >= 11 is 0. The smallest absolute Gasteiger partial charge is 0.266 e. The molecule has 2 heterocycles. The fourth-order valence-electron chi connectivity index (χ4n) is 1.77. The molecule has 1 aliphatic rings. The summed E-state index contributed by atoms with van der Waals surface area (Å²) in [6.07, 6.45) is 2.86. The average molecular weight is 209 g/mol. The van der Waals surface area contributed by atoms with Gasteiger partial charge in [-0.1, -0.05) is 0 Å². The quantitative estimate of drug-likeness (QED) is 0.726. The van der Waals surface area contributed by atoms with Crippen molar-refractivity contribution in [3.05, 3.63) is 22.6 Å². The van der Waals surface area contributed by atoms with Gasteiger partial charge in [0.1, 0.15) is 0 Å². The lowest BCUT2D eigenvalue weighted by molar-refractivity contribution is 0.0821. The van der Waals surface area contributed by atoms with Gasteiger partial charge in [0.2, 0.25) is 0 Å². The Balaban J connectivity index is 2.18. The number of anilines is 1. The van der Waals surface area contributed by atoms with Gasteiger partial charge in [-0.3, -0.25) is 4.79 Å². The first-order valence-electron chi connectivity index (χ1n) is 5.17. The van der Waals surface area contributed by atoms with Crippen LogP contribution >= 0.6 is 0 Å². The van der Waals surface area contributed by atoms with E-state index in [0.717, 1.165) is 31.8 Å². The molecule has 0 bridgehead atoms. The minimum atomic E-state index is -0.162. The predicted molar refractivity (Wildman–Crippen MR) is 57.1 cm³/mol. The van der Waals surface area contributed by atoms with Crippen molar-refractivity contribution in [1.82, 2.24) is 10.2 Å². The number of hydrogen-bond donors (Lipinski definition) is 1. The first-order valence-corrected chi connectivity index (χ1v) is 5.17. The van der Waals surface area contributed by atoms with Crippen LogP contribution in [0.1, 0.15) is 13.3 Å². The number of aromatic amines is 1. The Kier molecular flexibility index (Phi) is 3.01. The lowest BCUT2D eigenvalue weighted by Gasteiger charge is -2.23. The molecule has 0 amide bonds. The second kappa shape index (κ2) is 4.44. The average Bonchev–Trinajstić information content (AvgIpc) is 2.43. The third kappa shape index (κ3) is 2.56. The largest absolute Gasteiger partial charge is 0.377 e. The van der Waals surface area contributed by atoms with Crippen LogP contribution in [0.15, 0.2) is 17.1 Å². The molecule has 2 rings (SSSR count). The van der Waals surface area contributed by atoms with E-state index in [1.54, 1.807) is 12.3 Å². The van der Waals surface area contributed by atoms with Crippen LogP contribution in [0.3, 0.4) is 0 Å². The van der Waals surface area contributed by atoms with Crippen molar-refractivity contribution in [1.29, 1.82) is 0 Å². The molecule has 82 valence electrons. The number of hydrogen-bond acceptors (Lipinski definition) is 4. The summed E-state index contributed by atoms with van der Waals surface area (Å²) < 4.78 is 5.54. The van der Waals surface area contributed by atoms with Crippen molar-refractivity contribution in [3.63, 3.8) is 0 Å². The van der Waals surface area contributed by atoms with Crippen LogP contribution in [0.4, 0.5) is 5.69 Å². The highest BCUT2D eigenvalue weighted by Crippen LogP contribution is 2.14. The Bertz CT molecular complexity index is 377. The van der Waals surface area contributed by atoms with Crippen molar-refractivity contribution < 1.29 is 4.74 Å². The zero-order chi connectivity index (χ0) is 10.7. The molecule has 1 aromatic heterocycles. The van der Waals surface area contributed by atoms with Crippen LogP contribution in [0.2, 0.25) is 0 Å². The molecule has 15 heavy (non-hydrogen) atoms. The molecule has 0 radical (unpaired) electrons. The minimum Gasteiger partial charge on any atom is -0.377 e. The highest BCUT2D eigenvalue weighted by atomic mass is 16.5. The van der Waals surface area contributed by atoms with E-state index in [1.807, 2.05) is 6.92 Å². The Labute approximate surface area is 88.1 Å². The molecule has 1 atom stereocenters. The van der Waals surface area contributed by atoms with Gasteiger partial charge in [-0.15, -0.1) is 0 Å². The Morgan fingerprint density at radius 3 is 3.33 bits per heavy atom. The summed E-state index contributed by atoms with van der Waals surface area (Å²) in [5, 5.41) is 6.17. The molecule has 0 saturated carbocycles. The Morgan fingerprint density at radius 2 is 2.53 bits per heavy atom. The molecule has 0 spiro atoms. The van der Waals surface area contributed by atoms with Gasteiger partial charge in [-0.2, -0.15) is 5.10 Å². The molecule has 1 N–H and O–H groups in total. The molecule has 5 heteroatoms. The van der Waals surface area contributed by atoms with Crippen LogP contribution in [-0.2, 0) is 4.74 Å².